The van der Waals surface area contributed by atoms with Gasteiger partial charge in [0, 0.05) is 31.6 Å². The van der Waals surface area contributed by atoms with Crippen LogP contribution in [0.3, 0.4) is 0 Å². The quantitative estimate of drug-likeness (QED) is 0.675. The molecule has 27 heavy (non-hydrogen) atoms. The van der Waals surface area contributed by atoms with Crippen molar-refractivity contribution in [1.29, 1.82) is 0 Å². The summed E-state index contributed by atoms with van der Waals surface area (Å²) in [5, 5.41) is 0. The highest BCUT2D eigenvalue weighted by molar-refractivity contribution is 5.80. The van der Waals surface area contributed by atoms with Gasteiger partial charge in [0.05, 0.1) is 0 Å². The van der Waals surface area contributed by atoms with Crippen molar-refractivity contribution in [3.8, 4) is 0 Å². The monoisotopic (exact) mass is 374 g/mol. The van der Waals surface area contributed by atoms with Crippen molar-refractivity contribution in [2.24, 2.45) is 40.4 Å². The zero-order valence-electron chi connectivity index (χ0n) is 17.3. The van der Waals surface area contributed by atoms with Crippen molar-refractivity contribution in [3.05, 3.63) is 0 Å². The second-order valence-corrected chi connectivity index (χ2v) is 10.4. The molecule has 4 nitrogen and oxygen atoms in total. The van der Waals surface area contributed by atoms with Crippen molar-refractivity contribution >= 4 is 17.5 Å². The van der Waals surface area contributed by atoms with Gasteiger partial charge in [-0.1, -0.05) is 13.8 Å². The summed E-state index contributed by atoms with van der Waals surface area (Å²) in [6.07, 6.45) is 7.29. The highest BCUT2D eigenvalue weighted by Crippen LogP contribution is 2.67. The SMILES string of the molecule is CC(=O)O[C@H]1C[C@]2(C)[C@H](C(C)=O)CC[C@H]2[C@@H]2CC[C@H]3CC(=O)CC[C@]3(C)[C@@H]21. The molecule has 0 bridgehead atoms. The summed E-state index contributed by atoms with van der Waals surface area (Å²) in [7, 11) is 0. The van der Waals surface area contributed by atoms with Crippen LogP contribution in [0.4, 0.5) is 0 Å². The average Bonchev–Trinajstić information content (AvgIpc) is 2.91. The minimum Gasteiger partial charge on any atom is -0.462 e. The molecule has 0 aromatic carbocycles. The van der Waals surface area contributed by atoms with Crippen LogP contribution >= 0.6 is 0 Å². The van der Waals surface area contributed by atoms with Crippen LogP contribution in [0.15, 0.2) is 0 Å². The van der Waals surface area contributed by atoms with Crippen molar-refractivity contribution in [1.82, 2.24) is 0 Å². The molecular formula is C23H34O4. The van der Waals surface area contributed by atoms with E-state index in [2.05, 4.69) is 13.8 Å². The molecule has 0 aromatic rings. The number of ether oxygens (including phenoxy) is 1. The molecule has 0 N–H and O–H groups in total. The second kappa shape index (κ2) is 6.42. The molecule has 4 heteroatoms. The lowest BCUT2D eigenvalue weighted by molar-refractivity contribution is -0.193. The molecule has 0 aromatic heterocycles. The molecule has 4 fully saturated rings. The largest absolute Gasteiger partial charge is 0.462 e. The Bertz CT molecular complexity index is 669. The highest BCUT2D eigenvalue weighted by atomic mass is 16.5. The van der Waals surface area contributed by atoms with Gasteiger partial charge in [0.1, 0.15) is 17.7 Å². The number of rotatable bonds is 2. The second-order valence-electron chi connectivity index (χ2n) is 10.4. The van der Waals surface area contributed by atoms with Crippen LogP contribution in [-0.4, -0.2) is 23.6 Å². The van der Waals surface area contributed by atoms with Crippen LogP contribution < -0.4 is 0 Å². The number of hydrogen-bond acceptors (Lipinski definition) is 4. The van der Waals surface area contributed by atoms with Gasteiger partial charge in [0.15, 0.2) is 0 Å². The molecule has 0 unspecified atom stereocenters. The first-order chi connectivity index (χ1) is 12.7. The summed E-state index contributed by atoms with van der Waals surface area (Å²) in [6.45, 7) is 7.88. The number of carbonyl (C=O) groups is 3. The molecular weight excluding hydrogens is 340 g/mol. The number of esters is 1. The normalized spacial score (nSPS) is 49.0. The van der Waals surface area contributed by atoms with Crippen LogP contribution in [0.1, 0.15) is 79.1 Å². The van der Waals surface area contributed by atoms with E-state index in [0.29, 0.717) is 48.1 Å². The van der Waals surface area contributed by atoms with Crippen LogP contribution in [-0.2, 0) is 19.1 Å². The highest BCUT2D eigenvalue weighted by Gasteiger charge is 2.64. The number of hydrogen-bond donors (Lipinski definition) is 0. The van der Waals surface area contributed by atoms with E-state index >= 15 is 0 Å². The molecule has 0 amide bonds. The standard InChI is InChI=1S/C23H34O4/c1-13(24)18-7-8-19-17-6-5-15-11-16(26)9-10-22(15,3)21(17)20(27-14(2)25)12-23(18,19)4/h15,17-21H,5-12H2,1-4H3/t15-,17-,18-,19-,20-,21-,22-,23+/m0/s1. The van der Waals surface area contributed by atoms with E-state index in [1.165, 1.54) is 6.92 Å². The maximum Gasteiger partial charge on any atom is 0.302 e. The summed E-state index contributed by atoms with van der Waals surface area (Å²) < 4.78 is 5.97. The van der Waals surface area contributed by atoms with Crippen LogP contribution in [0, 0.1) is 40.4 Å². The first-order valence-corrected chi connectivity index (χ1v) is 10.9. The van der Waals surface area contributed by atoms with Gasteiger partial charge in [-0.15, -0.1) is 0 Å². The number of fused-ring (bicyclic) bond motifs is 5. The van der Waals surface area contributed by atoms with Gasteiger partial charge >= 0.3 is 5.97 Å². The van der Waals surface area contributed by atoms with Crippen molar-refractivity contribution in [2.45, 2.75) is 85.2 Å². The van der Waals surface area contributed by atoms with Gasteiger partial charge < -0.3 is 4.74 Å². The fraction of sp³-hybridized carbons (Fsp3) is 0.870. The van der Waals surface area contributed by atoms with E-state index in [1.54, 1.807) is 6.92 Å². The summed E-state index contributed by atoms with van der Waals surface area (Å²) >= 11 is 0. The van der Waals surface area contributed by atoms with E-state index in [1.807, 2.05) is 0 Å². The molecule has 4 aliphatic carbocycles. The van der Waals surface area contributed by atoms with E-state index in [4.69, 9.17) is 4.74 Å². The fourth-order valence-corrected chi connectivity index (χ4v) is 8.12. The number of carbonyl (C=O) groups excluding carboxylic acids is 3. The smallest absolute Gasteiger partial charge is 0.302 e. The van der Waals surface area contributed by atoms with Crippen molar-refractivity contribution in [3.63, 3.8) is 0 Å². The van der Waals surface area contributed by atoms with E-state index < -0.39 is 0 Å². The van der Waals surface area contributed by atoms with Gasteiger partial charge in [-0.2, -0.15) is 0 Å². The zero-order chi connectivity index (χ0) is 19.6. The topological polar surface area (TPSA) is 60.4 Å². The van der Waals surface area contributed by atoms with Gasteiger partial charge in [-0.25, -0.2) is 0 Å². The van der Waals surface area contributed by atoms with Crippen molar-refractivity contribution < 1.29 is 19.1 Å². The Morgan fingerprint density at radius 3 is 2.44 bits per heavy atom. The Labute approximate surface area is 162 Å². The van der Waals surface area contributed by atoms with E-state index in [-0.39, 0.29) is 28.8 Å². The molecule has 150 valence electrons. The lowest BCUT2D eigenvalue weighted by Crippen LogP contribution is -2.60. The van der Waals surface area contributed by atoms with E-state index in [9.17, 15) is 14.4 Å². The maximum absolute atomic E-state index is 12.4. The zero-order valence-corrected chi connectivity index (χ0v) is 17.3. The molecule has 4 rings (SSSR count). The average molecular weight is 375 g/mol. The molecule has 0 saturated heterocycles. The van der Waals surface area contributed by atoms with Crippen molar-refractivity contribution in [2.75, 3.05) is 0 Å². The number of ketones is 2. The Morgan fingerprint density at radius 1 is 1.04 bits per heavy atom. The summed E-state index contributed by atoms with van der Waals surface area (Å²) in [5.74, 6) is 2.38. The van der Waals surface area contributed by atoms with Gasteiger partial charge in [0.25, 0.3) is 0 Å². The summed E-state index contributed by atoms with van der Waals surface area (Å²) in [5.41, 5.74) is 0.0212. The number of Topliss-reactive ketones (excluding diaryl/α,β-unsaturated/α-hetero) is 2. The Balaban J connectivity index is 1.73. The van der Waals surface area contributed by atoms with Gasteiger partial charge in [-0.05, 0) is 74.0 Å². The predicted octanol–water partition coefficient (Wildman–Crippen LogP) is 4.35. The lowest BCUT2D eigenvalue weighted by atomic mass is 9.44. The summed E-state index contributed by atoms with van der Waals surface area (Å²) in [4.78, 5) is 36.5. The third kappa shape index (κ3) is 2.81. The first-order valence-electron chi connectivity index (χ1n) is 10.9. The van der Waals surface area contributed by atoms with Crippen LogP contribution in [0.25, 0.3) is 0 Å². The van der Waals surface area contributed by atoms with E-state index in [0.717, 1.165) is 38.5 Å². The molecule has 4 aliphatic rings. The molecule has 8 atom stereocenters. The molecule has 4 saturated carbocycles. The molecule has 0 spiro atoms. The molecule has 0 aliphatic heterocycles. The third-order valence-corrected chi connectivity index (χ3v) is 9.20. The minimum absolute atomic E-state index is 0.0548. The maximum atomic E-state index is 12.4. The Kier molecular flexibility index (Phi) is 4.55. The third-order valence-electron chi connectivity index (χ3n) is 9.20. The van der Waals surface area contributed by atoms with Crippen LogP contribution in [0.2, 0.25) is 0 Å². The Morgan fingerprint density at radius 2 is 1.78 bits per heavy atom. The Hall–Kier alpha value is -1.19. The predicted molar refractivity (Wildman–Crippen MR) is 102 cm³/mol. The fourth-order valence-electron chi connectivity index (χ4n) is 8.12. The molecule has 0 heterocycles. The first kappa shape index (κ1) is 19.1. The molecule has 0 radical (unpaired) electrons. The van der Waals surface area contributed by atoms with Crippen LogP contribution in [0.5, 0.6) is 0 Å². The lowest BCUT2D eigenvalue weighted by Gasteiger charge is -2.62. The minimum atomic E-state index is -0.212. The summed E-state index contributed by atoms with van der Waals surface area (Å²) in [6, 6.07) is 0. The van der Waals surface area contributed by atoms with Gasteiger partial charge in [0.2, 0.25) is 0 Å². The van der Waals surface area contributed by atoms with Gasteiger partial charge in [-0.3, -0.25) is 14.4 Å².